The van der Waals surface area contributed by atoms with Crippen LogP contribution in [-0.2, 0) is 0 Å². The van der Waals surface area contributed by atoms with E-state index >= 15 is 0 Å². The number of hydrogen-bond acceptors (Lipinski definition) is 0. The summed E-state index contributed by atoms with van der Waals surface area (Å²) in [6, 6.07) is 8.83. The molecule has 0 spiro atoms. The molecule has 0 saturated heterocycles. The van der Waals surface area contributed by atoms with Crippen LogP contribution in [0.4, 0.5) is 0 Å². The normalized spacial score (nSPS) is 14.0. The summed E-state index contributed by atoms with van der Waals surface area (Å²) < 4.78 is 1.43. The summed E-state index contributed by atoms with van der Waals surface area (Å²) in [4.78, 5) is 0. The van der Waals surface area contributed by atoms with Gasteiger partial charge in [0.15, 0.2) is 0 Å². The number of nitrogens with zero attached hydrogens (tertiary/aromatic N) is 2. The van der Waals surface area contributed by atoms with Gasteiger partial charge in [0.25, 0.3) is 0 Å². The summed E-state index contributed by atoms with van der Waals surface area (Å²) >= 11 is 0. The third-order valence-corrected chi connectivity index (χ3v) is 6.78. The van der Waals surface area contributed by atoms with Crippen molar-refractivity contribution in [2.75, 3.05) is 0 Å². The van der Waals surface area contributed by atoms with Gasteiger partial charge in [0, 0.05) is 22.8 Å². The molecule has 1 aliphatic heterocycles. The van der Waals surface area contributed by atoms with Crippen LogP contribution in [0.2, 0.25) is 0 Å². The number of aryl methyl sites for hydroxylation is 4. The Hall–Kier alpha value is -2.48. The first-order valence-corrected chi connectivity index (χ1v) is 11.3. The number of unbranched alkanes of at least 4 members (excludes halogenated alkanes) is 3. The molecule has 0 radical (unpaired) electrons. The average molecular weight is 401 g/mol. The van der Waals surface area contributed by atoms with Crippen molar-refractivity contribution in [2.24, 2.45) is 0 Å². The van der Waals surface area contributed by atoms with Gasteiger partial charge in [0.05, 0.1) is 0 Å². The highest BCUT2D eigenvalue weighted by atomic mass is 15.2. The molecule has 2 nitrogen and oxygen atoms in total. The Bertz CT molecular complexity index is 1000. The highest BCUT2D eigenvalue weighted by Gasteiger charge is 2.29. The van der Waals surface area contributed by atoms with E-state index in [4.69, 9.17) is 0 Å². The molecule has 0 fully saturated rings. The Morgan fingerprint density at radius 2 is 1.20 bits per heavy atom. The van der Waals surface area contributed by atoms with Crippen LogP contribution in [0, 0.1) is 41.5 Å². The molecule has 158 valence electrons. The van der Waals surface area contributed by atoms with Crippen molar-refractivity contribution >= 4 is 11.4 Å². The predicted octanol–water partition coefficient (Wildman–Crippen LogP) is 8.31. The average Bonchev–Trinajstić information content (AvgIpc) is 3.03. The van der Waals surface area contributed by atoms with E-state index in [1.165, 1.54) is 62.9 Å². The first-order chi connectivity index (χ1) is 14.2. The second kappa shape index (κ2) is 9.12. The van der Waals surface area contributed by atoms with E-state index in [-0.39, 0.29) is 0 Å². The Morgan fingerprint density at radius 3 is 1.70 bits per heavy atom. The molecule has 1 aliphatic rings. The molecule has 0 aliphatic carbocycles. The summed E-state index contributed by atoms with van der Waals surface area (Å²) in [5.74, 6) is 0. The van der Waals surface area contributed by atoms with Gasteiger partial charge in [-0.2, -0.15) is 0 Å². The summed E-state index contributed by atoms with van der Waals surface area (Å²) in [7, 11) is 0. The minimum atomic E-state index is 0.887. The van der Waals surface area contributed by atoms with Crippen LogP contribution in [-0.4, -0.2) is 4.70 Å². The standard InChI is InChI=1S/C28H36N2/c1-8-9-10-11-12-24-17-27(25-13-18(2)22(6)19(3)14-25)30(29)28(24)26-15-20(4)23(7)21(5)16-26/h13-17H,8-12H2,1-7H3. The maximum Gasteiger partial charge on any atom is 0.210 e. The fourth-order valence-corrected chi connectivity index (χ4v) is 4.35. The van der Waals surface area contributed by atoms with Crippen molar-refractivity contribution in [3.8, 4) is 0 Å². The lowest BCUT2D eigenvalue weighted by molar-refractivity contribution is -0.344. The minimum Gasteiger partial charge on any atom is -0.493 e. The molecule has 1 heterocycles. The van der Waals surface area contributed by atoms with Gasteiger partial charge in [-0.3, -0.25) is 0 Å². The minimum absolute atomic E-state index is 0.887. The van der Waals surface area contributed by atoms with Gasteiger partial charge in [-0.25, -0.2) is 4.70 Å². The van der Waals surface area contributed by atoms with Crippen molar-refractivity contribution in [1.29, 1.82) is 0 Å². The monoisotopic (exact) mass is 400 g/mol. The highest BCUT2D eigenvalue weighted by Crippen LogP contribution is 2.39. The van der Waals surface area contributed by atoms with E-state index in [2.05, 4.69) is 78.8 Å². The Morgan fingerprint density at radius 1 is 0.700 bits per heavy atom. The van der Waals surface area contributed by atoms with Gasteiger partial charge in [-0.05, 0) is 112 Å². The van der Waals surface area contributed by atoms with Gasteiger partial charge in [-0.1, -0.05) is 26.2 Å². The van der Waals surface area contributed by atoms with Gasteiger partial charge in [0.2, 0.25) is 11.4 Å². The zero-order chi connectivity index (χ0) is 22.0. The highest BCUT2D eigenvalue weighted by molar-refractivity contribution is 5.79. The quantitative estimate of drug-likeness (QED) is 0.330. The molecule has 0 N–H and O–H groups in total. The van der Waals surface area contributed by atoms with Crippen LogP contribution in [0.1, 0.15) is 83.5 Å². The number of rotatable bonds is 7. The summed E-state index contributed by atoms with van der Waals surface area (Å²) in [6.07, 6.45) is 8.08. The molecule has 30 heavy (non-hydrogen) atoms. The van der Waals surface area contributed by atoms with Crippen molar-refractivity contribution in [3.63, 3.8) is 0 Å². The zero-order valence-electron chi connectivity index (χ0n) is 19.8. The predicted molar refractivity (Wildman–Crippen MR) is 129 cm³/mol. The van der Waals surface area contributed by atoms with Gasteiger partial charge in [-0.15, -0.1) is 0 Å². The van der Waals surface area contributed by atoms with E-state index in [0.29, 0.717) is 0 Å². The molecule has 0 saturated carbocycles. The van der Waals surface area contributed by atoms with Crippen LogP contribution in [0.3, 0.4) is 0 Å². The van der Waals surface area contributed by atoms with E-state index in [0.717, 1.165) is 35.4 Å². The van der Waals surface area contributed by atoms with Crippen molar-refractivity contribution in [2.45, 2.75) is 80.6 Å². The molecule has 0 unspecified atom stereocenters. The lowest BCUT2D eigenvalue weighted by atomic mass is 9.96. The van der Waals surface area contributed by atoms with E-state index in [1.807, 2.05) is 0 Å². The van der Waals surface area contributed by atoms with Gasteiger partial charge in [0.1, 0.15) is 0 Å². The largest absolute Gasteiger partial charge is 0.493 e. The topological polar surface area (TPSA) is 25.3 Å². The molecule has 2 heteroatoms. The van der Waals surface area contributed by atoms with E-state index in [9.17, 15) is 5.53 Å². The summed E-state index contributed by atoms with van der Waals surface area (Å²) in [6.45, 7) is 15.2. The molecular weight excluding hydrogens is 364 g/mol. The van der Waals surface area contributed by atoms with Gasteiger partial charge >= 0.3 is 0 Å². The maximum absolute atomic E-state index is 11.3. The van der Waals surface area contributed by atoms with Crippen LogP contribution in [0.15, 0.2) is 35.9 Å². The lowest BCUT2D eigenvalue weighted by Gasteiger charge is -2.14. The van der Waals surface area contributed by atoms with Gasteiger partial charge < -0.3 is 5.53 Å². The lowest BCUT2D eigenvalue weighted by Crippen LogP contribution is -2.04. The molecule has 2 aromatic carbocycles. The fraction of sp³-hybridized carbons (Fsp3) is 0.429. The third-order valence-electron chi connectivity index (χ3n) is 6.78. The number of hydrogen-bond donors (Lipinski definition) is 0. The molecular formula is C28H36N2. The first-order valence-electron chi connectivity index (χ1n) is 11.3. The molecule has 3 rings (SSSR count). The maximum atomic E-state index is 11.3. The van der Waals surface area contributed by atoms with Crippen LogP contribution in [0.25, 0.3) is 16.9 Å². The van der Waals surface area contributed by atoms with Crippen LogP contribution in [0.5, 0.6) is 0 Å². The Kier molecular flexibility index (Phi) is 6.75. The Labute approximate surface area is 182 Å². The zero-order valence-corrected chi connectivity index (χ0v) is 19.8. The summed E-state index contributed by atoms with van der Waals surface area (Å²) in [5.41, 5.74) is 24.3. The second-order valence-corrected chi connectivity index (χ2v) is 9.00. The SMILES string of the molecule is CCCCCCC1=C(c2cc(C)c(C)c(C)c2)[N+](=[N-])C(c2cc(C)c(C)c(C)c2)=C1. The van der Waals surface area contributed by atoms with Crippen molar-refractivity contribution < 1.29 is 4.70 Å². The summed E-state index contributed by atoms with van der Waals surface area (Å²) in [5, 5.41) is 0. The molecule has 0 aromatic heterocycles. The molecule has 0 atom stereocenters. The van der Waals surface area contributed by atoms with Crippen molar-refractivity contribution in [3.05, 3.63) is 86.0 Å². The van der Waals surface area contributed by atoms with Crippen LogP contribution < -0.4 is 0 Å². The van der Waals surface area contributed by atoms with Crippen LogP contribution >= 0.6 is 0 Å². The molecule has 0 amide bonds. The van der Waals surface area contributed by atoms with Crippen molar-refractivity contribution in [1.82, 2.24) is 0 Å². The van der Waals surface area contributed by atoms with E-state index < -0.39 is 0 Å². The first kappa shape index (κ1) is 22.2. The fourth-order valence-electron chi connectivity index (χ4n) is 4.35. The molecule has 0 bridgehead atoms. The number of benzene rings is 2. The molecule has 2 aromatic rings. The smallest absolute Gasteiger partial charge is 0.210 e. The third kappa shape index (κ3) is 4.33. The number of allylic oxidation sites excluding steroid dienone is 2. The van der Waals surface area contributed by atoms with E-state index in [1.54, 1.807) is 0 Å². The Balaban J connectivity index is 2.06. The second-order valence-electron chi connectivity index (χ2n) is 9.00.